The smallest absolute Gasteiger partial charge is 0.151 e. The highest BCUT2D eigenvalue weighted by Gasteiger charge is 2.39. The highest BCUT2D eigenvalue weighted by atomic mass is 32.2. The molecular formula is C10H18N2O2S2. The van der Waals surface area contributed by atoms with Gasteiger partial charge in [0.1, 0.15) is 0 Å². The van der Waals surface area contributed by atoms with Gasteiger partial charge in [-0.1, -0.05) is 12.2 Å². The van der Waals surface area contributed by atoms with Gasteiger partial charge in [-0.25, -0.2) is 8.42 Å². The lowest BCUT2D eigenvalue weighted by Crippen LogP contribution is -2.39. The fourth-order valence-corrected chi connectivity index (χ4v) is 4.18. The Morgan fingerprint density at radius 3 is 2.44 bits per heavy atom. The lowest BCUT2D eigenvalue weighted by molar-refractivity contribution is 0.208. The Kier molecular flexibility index (Phi) is 3.51. The molecule has 2 rings (SSSR count). The van der Waals surface area contributed by atoms with Crippen LogP contribution in [0.4, 0.5) is 0 Å². The van der Waals surface area contributed by atoms with Crippen molar-refractivity contribution in [1.82, 2.24) is 4.90 Å². The fourth-order valence-electron chi connectivity index (χ4n) is 2.35. The molecule has 0 amide bonds. The first-order chi connectivity index (χ1) is 7.48. The molecule has 16 heavy (non-hydrogen) atoms. The molecule has 2 aliphatic rings. The third-order valence-electron chi connectivity index (χ3n) is 3.31. The SMILES string of the molecule is NC(=S)CCN(C1CC1)C1CCS(=O)(=O)C1. The molecule has 0 aromatic carbocycles. The van der Waals surface area contributed by atoms with E-state index in [1.54, 1.807) is 0 Å². The molecular weight excluding hydrogens is 244 g/mol. The Balaban J connectivity index is 1.95. The van der Waals surface area contributed by atoms with Crippen LogP contribution in [0, 0.1) is 0 Å². The van der Waals surface area contributed by atoms with E-state index in [0.29, 0.717) is 29.0 Å². The molecule has 1 heterocycles. The first-order valence-electron chi connectivity index (χ1n) is 5.72. The molecule has 6 heteroatoms. The molecule has 1 aliphatic heterocycles. The first kappa shape index (κ1) is 12.3. The van der Waals surface area contributed by atoms with Crippen molar-refractivity contribution in [2.24, 2.45) is 5.73 Å². The van der Waals surface area contributed by atoms with Gasteiger partial charge in [-0.05, 0) is 19.3 Å². The molecule has 2 fully saturated rings. The maximum atomic E-state index is 11.4. The lowest BCUT2D eigenvalue weighted by atomic mass is 10.2. The van der Waals surface area contributed by atoms with Gasteiger partial charge in [0.15, 0.2) is 9.84 Å². The average molecular weight is 262 g/mol. The number of nitrogens with two attached hydrogens (primary N) is 1. The van der Waals surface area contributed by atoms with Gasteiger partial charge in [0.25, 0.3) is 0 Å². The molecule has 1 saturated carbocycles. The van der Waals surface area contributed by atoms with E-state index >= 15 is 0 Å². The second-order valence-electron chi connectivity index (χ2n) is 4.74. The normalized spacial score (nSPS) is 28.4. The Labute approximate surface area is 102 Å². The Morgan fingerprint density at radius 1 is 1.31 bits per heavy atom. The maximum absolute atomic E-state index is 11.4. The zero-order valence-electron chi connectivity index (χ0n) is 9.26. The highest BCUT2D eigenvalue weighted by Crippen LogP contribution is 2.32. The first-order valence-corrected chi connectivity index (χ1v) is 7.95. The van der Waals surface area contributed by atoms with Crippen LogP contribution in [0.1, 0.15) is 25.7 Å². The van der Waals surface area contributed by atoms with E-state index in [1.807, 2.05) is 0 Å². The molecule has 0 aromatic rings. The van der Waals surface area contributed by atoms with Crippen LogP contribution in [-0.4, -0.2) is 48.4 Å². The quantitative estimate of drug-likeness (QED) is 0.723. The van der Waals surface area contributed by atoms with E-state index < -0.39 is 9.84 Å². The molecule has 92 valence electrons. The van der Waals surface area contributed by atoms with Crippen LogP contribution in [0.2, 0.25) is 0 Å². The van der Waals surface area contributed by atoms with Crippen LogP contribution >= 0.6 is 12.2 Å². The van der Waals surface area contributed by atoms with Crippen molar-refractivity contribution < 1.29 is 8.42 Å². The number of thiocarbonyl (C=S) groups is 1. The summed E-state index contributed by atoms with van der Waals surface area (Å²) in [4.78, 5) is 2.83. The molecule has 2 N–H and O–H groups in total. The van der Waals surface area contributed by atoms with Crippen molar-refractivity contribution in [3.8, 4) is 0 Å². The minimum atomic E-state index is -2.79. The molecule has 1 atom stereocenters. The molecule has 4 nitrogen and oxygen atoms in total. The van der Waals surface area contributed by atoms with E-state index in [4.69, 9.17) is 18.0 Å². The topological polar surface area (TPSA) is 63.4 Å². The predicted molar refractivity (Wildman–Crippen MR) is 68.2 cm³/mol. The summed E-state index contributed by atoms with van der Waals surface area (Å²) in [5.74, 6) is 0.661. The molecule has 1 aliphatic carbocycles. The van der Waals surface area contributed by atoms with Crippen LogP contribution in [0.5, 0.6) is 0 Å². The molecule has 1 saturated heterocycles. The summed E-state index contributed by atoms with van der Waals surface area (Å²) in [6.45, 7) is 0.820. The summed E-state index contributed by atoms with van der Waals surface area (Å²) in [5.41, 5.74) is 5.50. The Bertz CT molecular complexity index is 376. The summed E-state index contributed by atoms with van der Waals surface area (Å²) in [6.07, 6.45) is 3.85. The van der Waals surface area contributed by atoms with Crippen LogP contribution in [0.15, 0.2) is 0 Å². The predicted octanol–water partition coefficient (Wildman–Crippen LogP) is 0.314. The monoisotopic (exact) mass is 262 g/mol. The summed E-state index contributed by atoms with van der Waals surface area (Å²) in [5, 5.41) is 0. The third-order valence-corrected chi connectivity index (χ3v) is 5.26. The number of nitrogens with zero attached hydrogens (tertiary/aromatic N) is 1. The van der Waals surface area contributed by atoms with Crippen LogP contribution < -0.4 is 5.73 Å². The Morgan fingerprint density at radius 2 is 2.00 bits per heavy atom. The van der Waals surface area contributed by atoms with Gasteiger partial charge in [0.2, 0.25) is 0 Å². The second-order valence-corrected chi connectivity index (χ2v) is 7.50. The standard InChI is InChI=1S/C10H18N2O2S2/c11-10(15)3-5-12(8-1-2-8)9-4-6-16(13,14)7-9/h8-9H,1-7H2,(H2,11,15). The van der Waals surface area contributed by atoms with Gasteiger partial charge in [0, 0.05) is 25.0 Å². The number of hydrogen-bond donors (Lipinski definition) is 1. The Hall–Kier alpha value is -0.200. The maximum Gasteiger partial charge on any atom is 0.151 e. The van der Waals surface area contributed by atoms with E-state index in [9.17, 15) is 8.42 Å². The largest absolute Gasteiger partial charge is 0.393 e. The van der Waals surface area contributed by atoms with E-state index in [2.05, 4.69) is 4.90 Å². The van der Waals surface area contributed by atoms with Gasteiger partial charge in [-0.3, -0.25) is 4.90 Å². The number of rotatable bonds is 5. The van der Waals surface area contributed by atoms with Crippen molar-refractivity contribution >= 4 is 27.0 Å². The van der Waals surface area contributed by atoms with Crippen LogP contribution in [0.3, 0.4) is 0 Å². The third kappa shape index (κ3) is 3.15. The van der Waals surface area contributed by atoms with Gasteiger partial charge in [-0.15, -0.1) is 0 Å². The number of sulfone groups is 1. The van der Waals surface area contributed by atoms with E-state index in [1.165, 1.54) is 12.8 Å². The summed E-state index contributed by atoms with van der Waals surface area (Å²) < 4.78 is 22.9. The highest BCUT2D eigenvalue weighted by molar-refractivity contribution is 7.91. The summed E-state index contributed by atoms with van der Waals surface area (Å²) in [7, 11) is -2.79. The van der Waals surface area contributed by atoms with Crippen molar-refractivity contribution in [2.75, 3.05) is 18.1 Å². The van der Waals surface area contributed by atoms with Gasteiger partial charge in [-0.2, -0.15) is 0 Å². The van der Waals surface area contributed by atoms with Crippen LogP contribution in [-0.2, 0) is 9.84 Å². The van der Waals surface area contributed by atoms with Crippen LogP contribution in [0.25, 0.3) is 0 Å². The molecule has 1 unspecified atom stereocenters. The van der Waals surface area contributed by atoms with Gasteiger partial charge in [0.05, 0.1) is 16.5 Å². The zero-order valence-corrected chi connectivity index (χ0v) is 10.9. The van der Waals surface area contributed by atoms with Gasteiger partial charge >= 0.3 is 0 Å². The summed E-state index contributed by atoms with van der Waals surface area (Å²) in [6, 6.07) is 0.777. The average Bonchev–Trinajstić information content (AvgIpc) is 2.92. The summed E-state index contributed by atoms with van der Waals surface area (Å²) >= 11 is 4.87. The minimum absolute atomic E-state index is 0.201. The number of hydrogen-bond acceptors (Lipinski definition) is 4. The van der Waals surface area contributed by atoms with Crippen molar-refractivity contribution in [2.45, 2.75) is 37.8 Å². The van der Waals surface area contributed by atoms with Crippen molar-refractivity contribution in [3.63, 3.8) is 0 Å². The van der Waals surface area contributed by atoms with E-state index in [-0.39, 0.29) is 6.04 Å². The molecule has 0 bridgehead atoms. The zero-order chi connectivity index (χ0) is 11.8. The molecule has 0 aromatic heterocycles. The van der Waals surface area contributed by atoms with Crippen molar-refractivity contribution in [3.05, 3.63) is 0 Å². The van der Waals surface area contributed by atoms with Crippen molar-refractivity contribution in [1.29, 1.82) is 0 Å². The molecule has 0 radical (unpaired) electrons. The van der Waals surface area contributed by atoms with Gasteiger partial charge < -0.3 is 5.73 Å². The van der Waals surface area contributed by atoms with E-state index in [0.717, 1.165) is 13.0 Å². The minimum Gasteiger partial charge on any atom is -0.393 e. The molecule has 0 spiro atoms. The lowest BCUT2D eigenvalue weighted by Gasteiger charge is -2.27. The second kappa shape index (κ2) is 4.58. The fraction of sp³-hybridized carbons (Fsp3) is 0.900.